The Morgan fingerprint density at radius 2 is 2.09 bits per heavy atom. The second-order valence-electron chi connectivity index (χ2n) is 5.28. The Morgan fingerprint density at radius 3 is 2.68 bits per heavy atom. The molecule has 1 heterocycles. The van der Waals surface area contributed by atoms with Crippen LogP contribution in [0.3, 0.4) is 0 Å². The SMILES string of the molecule is CN(CC(=O)Nc1cccc(Cl)c1Cl)C1CS(=O)(=O)CC1O. The number of rotatable bonds is 4. The normalized spacial score (nSPS) is 23.7. The van der Waals surface area contributed by atoms with E-state index in [0.29, 0.717) is 10.7 Å². The Kier molecular flexibility index (Phi) is 5.34. The molecule has 2 N–H and O–H groups in total. The highest BCUT2D eigenvalue weighted by molar-refractivity contribution is 7.91. The molecule has 0 aliphatic carbocycles. The maximum atomic E-state index is 12.0. The minimum Gasteiger partial charge on any atom is -0.390 e. The van der Waals surface area contributed by atoms with Gasteiger partial charge in [-0.15, -0.1) is 0 Å². The average molecular weight is 367 g/mol. The number of nitrogens with one attached hydrogen (secondary N) is 1. The molecule has 0 saturated carbocycles. The van der Waals surface area contributed by atoms with Crippen LogP contribution in [0.15, 0.2) is 18.2 Å². The number of hydrogen-bond acceptors (Lipinski definition) is 5. The first-order valence-electron chi connectivity index (χ1n) is 6.52. The Labute approximate surface area is 138 Å². The number of benzene rings is 1. The van der Waals surface area contributed by atoms with E-state index in [1.165, 1.54) is 4.90 Å². The van der Waals surface area contributed by atoms with Gasteiger partial charge in [-0.1, -0.05) is 29.3 Å². The topological polar surface area (TPSA) is 86.7 Å². The van der Waals surface area contributed by atoms with Crippen LogP contribution in [0.1, 0.15) is 0 Å². The monoisotopic (exact) mass is 366 g/mol. The molecule has 1 aromatic rings. The first-order valence-corrected chi connectivity index (χ1v) is 9.10. The Morgan fingerprint density at radius 1 is 1.41 bits per heavy atom. The molecule has 2 atom stereocenters. The van der Waals surface area contributed by atoms with E-state index in [0.717, 1.165) is 0 Å². The fraction of sp³-hybridized carbons (Fsp3) is 0.462. The van der Waals surface area contributed by atoms with E-state index < -0.39 is 22.0 Å². The van der Waals surface area contributed by atoms with E-state index in [9.17, 15) is 18.3 Å². The van der Waals surface area contributed by atoms with E-state index in [2.05, 4.69) is 5.32 Å². The summed E-state index contributed by atoms with van der Waals surface area (Å²) in [6.45, 7) is -0.0694. The molecule has 0 spiro atoms. The molecule has 0 aromatic heterocycles. The Bertz CT molecular complexity index is 681. The lowest BCUT2D eigenvalue weighted by Crippen LogP contribution is -2.44. The summed E-state index contributed by atoms with van der Waals surface area (Å²) in [5.41, 5.74) is 0.382. The van der Waals surface area contributed by atoms with Crippen molar-refractivity contribution in [1.29, 1.82) is 0 Å². The average Bonchev–Trinajstić information content (AvgIpc) is 2.68. The van der Waals surface area contributed by atoms with Crippen LogP contribution >= 0.6 is 23.2 Å². The van der Waals surface area contributed by atoms with Crippen molar-refractivity contribution in [1.82, 2.24) is 4.90 Å². The number of aliphatic hydroxyl groups is 1. The van der Waals surface area contributed by atoms with Crippen LogP contribution in [0, 0.1) is 0 Å². The molecular formula is C13H16Cl2N2O4S. The molecule has 2 unspecified atom stereocenters. The standard InChI is InChI=1S/C13H16Cl2N2O4S/c1-17(10-6-22(20,21)7-11(10)18)5-12(19)16-9-4-2-3-8(14)13(9)15/h2-4,10-11,18H,5-7H2,1H3,(H,16,19). The van der Waals surface area contributed by atoms with Gasteiger partial charge in [0.2, 0.25) is 5.91 Å². The highest BCUT2D eigenvalue weighted by Gasteiger charge is 2.39. The zero-order valence-corrected chi connectivity index (χ0v) is 14.1. The van der Waals surface area contributed by atoms with Crippen LogP contribution in [0.25, 0.3) is 0 Å². The Hall–Kier alpha value is -0.860. The lowest BCUT2D eigenvalue weighted by molar-refractivity contribution is -0.117. The van der Waals surface area contributed by atoms with Gasteiger partial charge in [0.05, 0.1) is 45.9 Å². The van der Waals surface area contributed by atoms with Gasteiger partial charge in [0, 0.05) is 0 Å². The third kappa shape index (κ3) is 4.11. The molecule has 122 valence electrons. The van der Waals surface area contributed by atoms with Gasteiger partial charge in [-0.25, -0.2) is 8.42 Å². The molecular weight excluding hydrogens is 351 g/mol. The number of sulfone groups is 1. The first kappa shape index (κ1) is 17.5. The van der Waals surface area contributed by atoms with Gasteiger partial charge in [-0.3, -0.25) is 9.69 Å². The summed E-state index contributed by atoms with van der Waals surface area (Å²) in [6, 6.07) is 4.28. The largest absolute Gasteiger partial charge is 0.390 e. The number of anilines is 1. The summed E-state index contributed by atoms with van der Waals surface area (Å²) in [5.74, 6) is -0.803. The number of amides is 1. The maximum Gasteiger partial charge on any atom is 0.238 e. The van der Waals surface area contributed by atoms with Gasteiger partial charge >= 0.3 is 0 Å². The number of halogens is 2. The molecule has 1 aromatic carbocycles. The number of carbonyl (C=O) groups excluding carboxylic acids is 1. The minimum atomic E-state index is -3.26. The van der Waals surface area contributed by atoms with Crippen molar-refractivity contribution in [3.05, 3.63) is 28.2 Å². The van der Waals surface area contributed by atoms with E-state index in [4.69, 9.17) is 23.2 Å². The van der Waals surface area contributed by atoms with Gasteiger partial charge in [0.1, 0.15) is 0 Å². The number of nitrogens with zero attached hydrogens (tertiary/aromatic N) is 1. The summed E-state index contributed by atoms with van der Waals surface area (Å²) >= 11 is 11.8. The maximum absolute atomic E-state index is 12.0. The smallest absolute Gasteiger partial charge is 0.238 e. The van der Waals surface area contributed by atoms with Crippen molar-refractivity contribution < 1.29 is 18.3 Å². The predicted octanol–water partition coefficient (Wildman–Crippen LogP) is 1.02. The van der Waals surface area contributed by atoms with Crippen LogP contribution in [-0.2, 0) is 14.6 Å². The van der Waals surface area contributed by atoms with Crippen LogP contribution in [0.4, 0.5) is 5.69 Å². The molecule has 0 bridgehead atoms. The zero-order valence-electron chi connectivity index (χ0n) is 11.8. The molecule has 1 saturated heterocycles. The summed E-state index contributed by atoms with van der Waals surface area (Å²) in [5, 5.41) is 13.0. The molecule has 1 aliphatic rings. The van der Waals surface area contributed by atoms with E-state index in [1.807, 2.05) is 0 Å². The lowest BCUT2D eigenvalue weighted by atomic mass is 10.2. The highest BCUT2D eigenvalue weighted by atomic mass is 35.5. The van der Waals surface area contributed by atoms with Crippen molar-refractivity contribution in [2.75, 3.05) is 30.4 Å². The summed E-state index contributed by atoms with van der Waals surface area (Å²) in [6.07, 6.45) is -0.988. The molecule has 6 nitrogen and oxygen atoms in total. The molecule has 9 heteroatoms. The van der Waals surface area contributed by atoms with Crippen LogP contribution in [0.5, 0.6) is 0 Å². The summed E-state index contributed by atoms with van der Waals surface area (Å²) < 4.78 is 23.0. The second kappa shape index (κ2) is 6.72. The van der Waals surface area contributed by atoms with E-state index in [1.54, 1.807) is 25.2 Å². The van der Waals surface area contributed by atoms with Gasteiger partial charge in [-0.05, 0) is 19.2 Å². The fourth-order valence-corrected chi connectivity index (χ4v) is 4.59. The summed E-state index contributed by atoms with van der Waals surface area (Å²) in [4.78, 5) is 13.5. The number of likely N-dealkylation sites (N-methyl/N-ethyl adjacent to an activating group) is 1. The Balaban J connectivity index is 1.99. The molecule has 22 heavy (non-hydrogen) atoms. The van der Waals surface area contributed by atoms with Crippen molar-refractivity contribution in [3.63, 3.8) is 0 Å². The van der Waals surface area contributed by atoms with Gasteiger partial charge in [0.25, 0.3) is 0 Å². The fourth-order valence-electron chi connectivity index (χ4n) is 2.37. The molecule has 2 rings (SSSR count). The highest BCUT2D eigenvalue weighted by Crippen LogP contribution is 2.29. The van der Waals surface area contributed by atoms with Crippen molar-refractivity contribution in [2.45, 2.75) is 12.1 Å². The molecule has 0 radical (unpaired) electrons. The quantitative estimate of drug-likeness (QED) is 0.830. The van der Waals surface area contributed by atoms with E-state index in [-0.39, 0.29) is 29.0 Å². The molecule has 1 fully saturated rings. The van der Waals surface area contributed by atoms with Crippen LogP contribution in [-0.4, -0.2) is 61.6 Å². The van der Waals surface area contributed by atoms with Crippen molar-refractivity contribution in [2.24, 2.45) is 0 Å². The van der Waals surface area contributed by atoms with Gasteiger partial charge < -0.3 is 10.4 Å². The predicted molar refractivity (Wildman–Crippen MR) is 86.2 cm³/mol. The minimum absolute atomic E-state index is 0.0694. The molecule has 1 amide bonds. The van der Waals surface area contributed by atoms with Gasteiger partial charge in [-0.2, -0.15) is 0 Å². The zero-order chi connectivity index (χ0) is 16.5. The third-order valence-electron chi connectivity index (χ3n) is 3.48. The number of hydrogen-bond donors (Lipinski definition) is 2. The summed E-state index contributed by atoms with van der Waals surface area (Å²) in [7, 11) is -1.67. The second-order valence-corrected chi connectivity index (χ2v) is 8.22. The van der Waals surface area contributed by atoms with Crippen LogP contribution < -0.4 is 5.32 Å². The first-order chi connectivity index (χ1) is 10.2. The third-order valence-corrected chi connectivity index (χ3v) is 6.00. The van der Waals surface area contributed by atoms with Crippen molar-refractivity contribution in [3.8, 4) is 0 Å². The van der Waals surface area contributed by atoms with Crippen LogP contribution in [0.2, 0.25) is 10.0 Å². The number of aliphatic hydroxyl groups excluding tert-OH is 1. The molecule has 1 aliphatic heterocycles. The van der Waals surface area contributed by atoms with Crippen molar-refractivity contribution >= 4 is 44.6 Å². The van der Waals surface area contributed by atoms with Gasteiger partial charge in [0.15, 0.2) is 9.84 Å². The van der Waals surface area contributed by atoms with E-state index >= 15 is 0 Å². The lowest BCUT2D eigenvalue weighted by Gasteiger charge is -2.25. The number of carbonyl (C=O) groups is 1.